The van der Waals surface area contributed by atoms with E-state index < -0.39 is 0 Å². The van der Waals surface area contributed by atoms with E-state index >= 15 is 0 Å². The van der Waals surface area contributed by atoms with Crippen molar-refractivity contribution in [2.24, 2.45) is 0 Å². The molecule has 4 heteroatoms. The molecule has 1 aromatic heterocycles. The third-order valence-electron chi connectivity index (χ3n) is 1.12. The minimum atomic E-state index is 0.0307. The number of thiophene rings is 1. The van der Waals surface area contributed by atoms with E-state index in [0.29, 0.717) is 0 Å². The summed E-state index contributed by atoms with van der Waals surface area (Å²) in [5.74, 6) is 0.0307. The molecule has 0 aromatic carbocycles. The molecule has 1 rings (SSSR count). The van der Waals surface area contributed by atoms with E-state index in [2.05, 4.69) is 15.9 Å². The maximum absolute atomic E-state index is 11.1. The molecule has 2 nitrogen and oxygen atoms in total. The summed E-state index contributed by atoms with van der Waals surface area (Å²) < 4.78 is 5.66. The molecule has 0 amide bonds. The van der Waals surface area contributed by atoms with E-state index in [4.69, 9.17) is 4.74 Å². The maximum atomic E-state index is 11.1. The van der Waals surface area contributed by atoms with Crippen molar-refractivity contribution in [1.29, 1.82) is 0 Å². The van der Waals surface area contributed by atoms with Crippen LogP contribution < -0.4 is 0 Å². The topological polar surface area (TPSA) is 26.3 Å². The van der Waals surface area contributed by atoms with Gasteiger partial charge in [0.05, 0.1) is 4.88 Å². The molecule has 0 N–H and O–H groups in total. The number of methoxy groups -OCH3 is 1. The second kappa shape index (κ2) is 3.99. The molecule has 0 aliphatic carbocycles. The Morgan fingerprint density at radius 1 is 1.82 bits per heavy atom. The molecule has 1 aromatic rings. The van der Waals surface area contributed by atoms with Crippen molar-refractivity contribution < 1.29 is 9.53 Å². The highest BCUT2D eigenvalue weighted by Crippen LogP contribution is 2.19. The van der Waals surface area contributed by atoms with Gasteiger partial charge in [0, 0.05) is 17.0 Å². The number of rotatable bonds is 3. The van der Waals surface area contributed by atoms with E-state index in [9.17, 15) is 4.79 Å². The number of hydrogen-bond donors (Lipinski definition) is 0. The number of halogens is 1. The Hall–Kier alpha value is -0.190. The molecule has 11 heavy (non-hydrogen) atoms. The van der Waals surface area contributed by atoms with Crippen LogP contribution in [-0.4, -0.2) is 19.5 Å². The van der Waals surface area contributed by atoms with Crippen molar-refractivity contribution in [1.82, 2.24) is 0 Å². The zero-order chi connectivity index (χ0) is 8.27. The van der Waals surface area contributed by atoms with Gasteiger partial charge in [0.15, 0.2) is 5.78 Å². The Morgan fingerprint density at radius 2 is 2.55 bits per heavy atom. The van der Waals surface area contributed by atoms with Crippen LogP contribution in [0.5, 0.6) is 0 Å². The number of Topliss-reactive ketones (excluding diaryl/α,β-unsaturated/α-hetero) is 1. The normalized spacial score (nSPS) is 10.0. The lowest BCUT2D eigenvalue weighted by Gasteiger charge is -1.92. The van der Waals surface area contributed by atoms with Gasteiger partial charge >= 0.3 is 0 Å². The lowest BCUT2D eigenvalue weighted by Crippen LogP contribution is -2.04. The fraction of sp³-hybridized carbons (Fsp3) is 0.286. The van der Waals surface area contributed by atoms with Crippen LogP contribution in [-0.2, 0) is 4.74 Å². The minimum absolute atomic E-state index is 0.0307. The minimum Gasteiger partial charge on any atom is -0.376 e. The first-order valence-corrected chi connectivity index (χ1v) is 4.67. The number of ketones is 1. The van der Waals surface area contributed by atoms with E-state index in [0.717, 1.165) is 9.35 Å². The maximum Gasteiger partial charge on any atom is 0.198 e. The Labute approximate surface area is 77.3 Å². The molecule has 0 saturated carbocycles. The zero-order valence-electron chi connectivity index (χ0n) is 5.96. The Bertz CT molecular complexity index is 257. The molecule has 1 heterocycles. The molecule has 0 saturated heterocycles. The van der Waals surface area contributed by atoms with Gasteiger partial charge in [-0.1, -0.05) is 0 Å². The molecule has 0 spiro atoms. The van der Waals surface area contributed by atoms with Gasteiger partial charge in [-0.25, -0.2) is 0 Å². The zero-order valence-corrected chi connectivity index (χ0v) is 8.37. The quantitative estimate of drug-likeness (QED) is 0.751. The summed E-state index contributed by atoms with van der Waals surface area (Å²) in [5, 5.41) is 1.88. The van der Waals surface area contributed by atoms with E-state index in [1.165, 1.54) is 18.4 Å². The summed E-state index contributed by atoms with van der Waals surface area (Å²) in [6.07, 6.45) is 0. The van der Waals surface area contributed by atoms with Crippen molar-refractivity contribution in [3.63, 3.8) is 0 Å². The standard InChI is InChI=1S/C7H7BrO2S/c1-10-3-6(9)7-2-5(8)4-11-7/h2,4H,3H2,1H3. The van der Waals surface area contributed by atoms with Crippen LogP contribution in [0.1, 0.15) is 9.67 Å². The second-order valence-electron chi connectivity index (χ2n) is 1.99. The molecule has 60 valence electrons. The van der Waals surface area contributed by atoms with Crippen LogP contribution in [0.2, 0.25) is 0 Å². The highest BCUT2D eigenvalue weighted by atomic mass is 79.9. The molecule has 0 fully saturated rings. The molecule has 0 unspecified atom stereocenters. The van der Waals surface area contributed by atoms with Crippen LogP contribution in [0.4, 0.5) is 0 Å². The highest BCUT2D eigenvalue weighted by Gasteiger charge is 2.06. The summed E-state index contributed by atoms with van der Waals surface area (Å²) in [6.45, 7) is 0.160. The fourth-order valence-electron chi connectivity index (χ4n) is 0.661. The third-order valence-corrected chi connectivity index (χ3v) is 2.85. The van der Waals surface area contributed by atoms with Crippen LogP contribution in [0.15, 0.2) is 15.9 Å². The van der Waals surface area contributed by atoms with Crippen molar-refractivity contribution in [3.8, 4) is 0 Å². The SMILES string of the molecule is COCC(=O)c1cc(Br)cs1. The molecule has 0 aliphatic rings. The van der Waals surface area contributed by atoms with Crippen molar-refractivity contribution in [2.45, 2.75) is 0 Å². The van der Waals surface area contributed by atoms with Gasteiger partial charge in [-0.2, -0.15) is 0 Å². The van der Waals surface area contributed by atoms with Gasteiger partial charge in [0.2, 0.25) is 0 Å². The van der Waals surface area contributed by atoms with E-state index in [-0.39, 0.29) is 12.4 Å². The van der Waals surface area contributed by atoms with Crippen LogP contribution in [0.25, 0.3) is 0 Å². The summed E-state index contributed by atoms with van der Waals surface area (Å²) in [7, 11) is 1.51. The highest BCUT2D eigenvalue weighted by molar-refractivity contribution is 9.10. The van der Waals surface area contributed by atoms with Gasteiger partial charge in [-0.15, -0.1) is 11.3 Å². The summed E-state index contributed by atoms with van der Waals surface area (Å²) >= 11 is 4.69. The average molecular weight is 235 g/mol. The Balaban J connectivity index is 2.69. The van der Waals surface area contributed by atoms with Gasteiger partial charge in [-0.3, -0.25) is 4.79 Å². The van der Waals surface area contributed by atoms with Crippen LogP contribution in [0, 0.1) is 0 Å². The Morgan fingerprint density at radius 3 is 3.00 bits per heavy atom. The molecular formula is C7H7BrO2S. The summed E-state index contributed by atoms with van der Waals surface area (Å²) in [6, 6.07) is 1.80. The predicted octanol–water partition coefficient (Wildman–Crippen LogP) is 2.34. The van der Waals surface area contributed by atoms with Crippen LogP contribution in [0.3, 0.4) is 0 Å². The lowest BCUT2D eigenvalue weighted by atomic mass is 10.3. The summed E-state index contributed by atoms with van der Waals surface area (Å²) in [4.78, 5) is 11.9. The predicted molar refractivity (Wildman–Crippen MR) is 48.2 cm³/mol. The summed E-state index contributed by atoms with van der Waals surface area (Å²) in [5.41, 5.74) is 0. The molecule has 0 bridgehead atoms. The Kier molecular flexibility index (Phi) is 3.23. The second-order valence-corrected chi connectivity index (χ2v) is 3.81. The molecule has 0 aliphatic heterocycles. The van der Waals surface area contributed by atoms with Gasteiger partial charge in [-0.05, 0) is 22.0 Å². The first kappa shape index (κ1) is 8.90. The van der Waals surface area contributed by atoms with E-state index in [1.807, 2.05) is 5.38 Å². The van der Waals surface area contributed by atoms with Crippen molar-refractivity contribution in [3.05, 3.63) is 20.8 Å². The van der Waals surface area contributed by atoms with Gasteiger partial charge in [0.1, 0.15) is 6.61 Å². The number of carbonyl (C=O) groups excluding carboxylic acids is 1. The van der Waals surface area contributed by atoms with E-state index in [1.54, 1.807) is 6.07 Å². The smallest absolute Gasteiger partial charge is 0.198 e. The number of hydrogen-bond acceptors (Lipinski definition) is 3. The first-order chi connectivity index (χ1) is 5.24. The third kappa shape index (κ3) is 2.39. The number of ether oxygens (including phenoxy) is 1. The molecule has 0 radical (unpaired) electrons. The fourth-order valence-corrected chi connectivity index (χ4v) is 2.02. The van der Waals surface area contributed by atoms with Gasteiger partial charge in [0.25, 0.3) is 0 Å². The number of carbonyl (C=O) groups is 1. The van der Waals surface area contributed by atoms with Crippen LogP contribution >= 0.6 is 27.3 Å². The largest absolute Gasteiger partial charge is 0.376 e. The average Bonchev–Trinajstić information content (AvgIpc) is 2.36. The molecular weight excluding hydrogens is 228 g/mol. The van der Waals surface area contributed by atoms with Crippen molar-refractivity contribution in [2.75, 3.05) is 13.7 Å². The molecule has 0 atom stereocenters. The first-order valence-electron chi connectivity index (χ1n) is 3.00. The monoisotopic (exact) mass is 234 g/mol. The van der Waals surface area contributed by atoms with Gasteiger partial charge < -0.3 is 4.74 Å². The lowest BCUT2D eigenvalue weighted by molar-refractivity contribution is 0.0852. The van der Waals surface area contributed by atoms with Crippen molar-refractivity contribution >= 4 is 33.0 Å².